The van der Waals surface area contributed by atoms with Gasteiger partial charge in [-0.1, -0.05) is 0 Å². The minimum atomic E-state index is -0.366. The molecule has 0 unspecified atom stereocenters. The maximum absolute atomic E-state index is 13.1. The molecular weight excluding hydrogens is 381 g/mol. The molecule has 0 N–H and O–H groups in total. The van der Waals surface area contributed by atoms with Crippen molar-refractivity contribution in [1.82, 2.24) is 14.5 Å². The molecule has 0 saturated carbocycles. The van der Waals surface area contributed by atoms with Gasteiger partial charge in [-0.2, -0.15) is 0 Å². The molecule has 3 aromatic rings. The zero-order valence-corrected chi connectivity index (χ0v) is 16.3. The molecule has 146 valence electrons. The summed E-state index contributed by atoms with van der Waals surface area (Å²) in [5.74, 6) is -0.497. The van der Waals surface area contributed by atoms with Gasteiger partial charge in [-0.05, 0) is 42.7 Å². The molecule has 2 aromatic heterocycles. The van der Waals surface area contributed by atoms with Crippen molar-refractivity contribution in [3.8, 4) is 0 Å². The molecule has 0 saturated heterocycles. The van der Waals surface area contributed by atoms with Crippen LogP contribution in [0.3, 0.4) is 0 Å². The van der Waals surface area contributed by atoms with Crippen molar-refractivity contribution in [3.63, 3.8) is 0 Å². The molecule has 0 atom stereocenters. The van der Waals surface area contributed by atoms with E-state index >= 15 is 0 Å². The number of aromatic nitrogens is 2. The molecular formula is C20H20FN3O3S. The van der Waals surface area contributed by atoms with Gasteiger partial charge in [-0.15, -0.1) is 11.3 Å². The Morgan fingerprint density at radius 1 is 1.32 bits per heavy atom. The molecule has 0 fully saturated rings. The van der Waals surface area contributed by atoms with Gasteiger partial charge in [-0.3, -0.25) is 14.2 Å². The third-order valence-corrected chi connectivity index (χ3v) is 6.08. The van der Waals surface area contributed by atoms with Crippen molar-refractivity contribution in [2.24, 2.45) is 0 Å². The van der Waals surface area contributed by atoms with E-state index < -0.39 is 0 Å². The molecule has 1 amide bonds. The molecule has 0 radical (unpaired) electrons. The largest absolute Gasteiger partial charge is 0.385 e. The second-order valence-corrected chi connectivity index (χ2v) is 7.84. The predicted octanol–water partition coefficient (Wildman–Crippen LogP) is 2.83. The van der Waals surface area contributed by atoms with Gasteiger partial charge in [0.2, 0.25) is 0 Å². The first kappa shape index (κ1) is 18.8. The molecule has 0 spiro atoms. The average molecular weight is 401 g/mol. The quantitative estimate of drug-likeness (QED) is 0.617. The number of hydrogen-bond acceptors (Lipinski definition) is 5. The van der Waals surface area contributed by atoms with E-state index in [1.807, 2.05) is 0 Å². The van der Waals surface area contributed by atoms with Crippen LogP contribution in [0.2, 0.25) is 0 Å². The summed E-state index contributed by atoms with van der Waals surface area (Å²) in [5.41, 5.74) is 1.43. The highest BCUT2D eigenvalue weighted by Gasteiger charge is 2.27. The number of ether oxygens (including phenoxy) is 1. The molecule has 1 aliphatic heterocycles. The number of carbonyl (C=O) groups excluding carboxylic acids is 1. The van der Waals surface area contributed by atoms with E-state index in [2.05, 4.69) is 4.98 Å². The number of benzene rings is 1. The number of aryl methyl sites for hydroxylation is 1. The normalized spacial score (nSPS) is 13.7. The highest BCUT2D eigenvalue weighted by molar-refractivity contribution is 7.18. The highest BCUT2D eigenvalue weighted by Crippen LogP contribution is 2.32. The Hall–Kier alpha value is -2.58. The van der Waals surface area contributed by atoms with E-state index in [9.17, 15) is 14.0 Å². The Bertz CT molecular complexity index is 1070. The van der Waals surface area contributed by atoms with Gasteiger partial charge in [0.05, 0.1) is 18.3 Å². The van der Waals surface area contributed by atoms with Crippen molar-refractivity contribution in [1.29, 1.82) is 0 Å². The van der Waals surface area contributed by atoms with Gasteiger partial charge in [-0.25, -0.2) is 9.37 Å². The lowest BCUT2D eigenvalue weighted by Gasteiger charge is -2.27. The van der Waals surface area contributed by atoms with Crippen LogP contribution in [0.5, 0.6) is 0 Å². The van der Waals surface area contributed by atoms with E-state index in [0.717, 1.165) is 16.9 Å². The Balaban J connectivity index is 1.61. The SMILES string of the molecule is COCCCn1cnc2sc3c(c2c1=O)CCN(C(=O)c1ccc(F)cc1)C3. The number of halogens is 1. The number of thiophene rings is 1. The number of hydrogen-bond donors (Lipinski definition) is 0. The zero-order valence-electron chi connectivity index (χ0n) is 15.5. The van der Waals surface area contributed by atoms with Gasteiger partial charge in [0.25, 0.3) is 11.5 Å². The topological polar surface area (TPSA) is 64.4 Å². The van der Waals surface area contributed by atoms with Crippen LogP contribution in [0, 0.1) is 5.82 Å². The summed E-state index contributed by atoms with van der Waals surface area (Å²) in [4.78, 5) is 33.5. The Morgan fingerprint density at radius 3 is 2.86 bits per heavy atom. The lowest BCUT2D eigenvalue weighted by atomic mass is 10.0. The standard InChI is InChI=1S/C20H20FN3O3S/c1-27-10-2-8-24-12-22-18-17(20(24)26)15-7-9-23(11-16(15)28-18)19(25)13-3-5-14(21)6-4-13/h3-6,12H,2,7-11H2,1H3. The fourth-order valence-corrected chi connectivity index (χ4v) is 4.70. The first-order valence-electron chi connectivity index (χ1n) is 9.12. The monoisotopic (exact) mass is 401 g/mol. The van der Waals surface area contributed by atoms with Gasteiger partial charge in [0, 0.05) is 37.2 Å². The molecule has 28 heavy (non-hydrogen) atoms. The molecule has 1 aliphatic rings. The molecule has 6 nitrogen and oxygen atoms in total. The summed E-state index contributed by atoms with van der Waals surface area (Å²) in [6.45, 7) is 2.12. The summed E-state index contributed by atoms with van der Waals surface area (Å²) in [5, 5.41) is 0.675. The Kier molecular flexibility index (Phi) is 5.23. The molecule has 1 aromatic carbocycles. The summed E-state index contributed by atoms with van der Waals surface area (Å²) in [6, 6.07) is 5.58. The van der Waals surface area contributed by atoms with Crippen molar-refractivity contribution < 1.29 is 13.9 Å². The van der Waals surface area contributed by atoms with Crippen LogP contribution < -0.4 is 5.56 Å². The summed E-state index contributed by atoms with van der Waals surface area (Å²) < 4.78 is 19.8. The van der Waals surface area contributed by atoms with Crippen LogP contribution in [0.4, 0.5) is 4.39 Å². The van der Waals surface area contributed by atoms with Gasteiger partial charge >= 0.3 is 0 Å². The van der Waals surface area contributed by atoms with Crippen LogP contribution in [0.1, 0.15) is 27.2 Å². The fraction of sp³-hybridized carbons (Fsp3) is 0.350. The van der Waals surface area contributed by atoms with E-state index in [1.165, 1.54) is 35.6 Å². The third kappa shape index (κ3) is 3.45. The molecule has 4 rings (SSSR count). The second kappa shape index (κ2) is 7.81. The highest BCUT2D eigenvalue weighted by atomic mass is 32.1. The maximum Gasteiger partial charge on any atom is 0.262 e. The predicted molar refractivity (Wildman–Crippen MR) is 105 cm³/mol. The summed E-state index contributed by atoms with van der Waals surface area (Å²) >= 11 is 1.47. The Labute approximate surface area is 165 Å². The summed E-state index contributed by atoms with van der Waals surface area (Å²) in [7, 11) is 1.64. The first-order chi connectivity index (χ1) is 13.6. The number of fused-ring (bicyclic) bond motifs is 3. The van der Waals surface area contributed by atoms with Crippen LogP contribution in [0.15, 0.2) is 35.4 Å². The lowest BCUT2D eigenvalue weighted by molar-refractivity contribution is 0.0737. The molecule has 0 bridgehead atoms. The van der Waals surface area contributed by atoms with Gasteiger partial charge < -0.3 is 9.64 Å². The number of amides is 1. The summed E-state index contributed by atoms with van der Waals surface area (Å²) in [6.07, 6.45) is 2.95. The number of nitrogens with zero attached hydrogens (tertiary/aromatic N) is 3. The number of carbonyl (C=O) groups is 1. The molecule has 8 heteroatoms. The second-order valence-electron chi connectivity index (χ2n) is 6.76. The van der Waals surface area contributed by atoms with Crippen LogP contribution >= 0.6 is 11.3 Å². The van der Waals surface area contributed by atoms with Crippen molar-refractivity contribution >= 4 is 27.5 Å². The fourth-order valence-electron chi connectivity index (χ4n) is 3.51. The first-order valence-corrected chi connectivity index (χ1v) is 9.93. The van der Waals surface area contributed by atoms with Crippen LogP contribution in [-0.4, -0.2) is 40.6 Å². The van der Waals surface area contributed by atoms with E-state index in [4.69, 9.17) is 4.74 Å². The minimum Gasteiger partial charge on any atom is -0.385 e. The van der Waals surface area contributed by atoms with Crippen molar-refractivity contribution in [2.45, 2.75) is 25.9 Å². The van der Waals surface area contributed by atoms with E-state index in [-0.39, 0.29) is 17.3 Å². The van der Waals surface area contributed by atoms with Gasteiger partial charge in [0.15, 0.2) is 0 Å². The van der Waals surface area contributed by atoms with Crippen molar-refractivity contribution in [3.05, 3.63) is 62.8 Å². The third-order valence-electron chi connectivity index (χ3n) is 4.95. The minimum absolute atomic E-state index is 0.0306. The number of methoxy groups -OCH3 is 1. The van der Waals surface area contributed by atoms with Crippen LogP contribution in [-0.2, 0) is 24.2 Å². The van der Waals surface area contributed by atoms with E-state index in [0.29, 0.717) is 48.4 Å². The van der Waals surface area contributed by atoms with E-state index in [1.54, 1.807) is 22.9 Å². The number of rotatable bonds is 5. The Morgan fingerprint density at radius 2 is 2.11 bits per heavy atom. The molecule has 0 aliphatic carbocycles. The van der Waals surface area contributed by atoms with Gasteiger partial charge in [0.1, 0.15) is 10.6 Å². The molecule has 3 heterocycles. The zero-order chi connectivity index (χ0) is 19.7. The lowest BCUT2D eigenvalue weighted by Crippen LogP contribution is -2.35. The van der Waals surface area contributed by atoms with Crippen LogP contribution in [0.25, 0.3) is 10.2 Å². The smallest absolute Gasteiger partial charge is 0.262 e. The van der Waals surface area contributed by atoms with Crippen molar-refractivity contribution in [2.75, 3.05) is 20.3 Å². The maximum atomic E-state index is 13.1. The average Bonchev–Trinajstić information content (AvgIpc) is 3.08.